The van der Waals surface area contributed by atoms with E-state index < -0.39 is 0 Å². The van der Waals surface area contributed by atoms with Crippen molar-refractivity contribution in [1.29, 1.82) is 0 Å². The van der Waals surface area contributed by atoms with Gasteiger partial charge in [0, 0.05) is 31.1 Å². The molecule has 1 N–H and O–H groups in total. The molecule has 0 bridgehead atoms. The Morgan fingerprint density at radius 1 is 0.966 bits per heavy atom. The van der Waals surface area contributed by atoms with E-state index in [0.717, 1.165) is 30.9 Å². The fraction of sp³-hybridized carbons (Fsp3) is 0.409. The maximum absolute atomic E-state index is 13.4. The summed E-state index contributed by atoms with van der Waals surface area (Å²) in [6, 6.07) is 13.5. The number of rotatable bonds is 5. The SMILES string of the molecule is COc1ccc([C@@H]2[C@H]3CNC[C@H]3CN2C(=O)c2ccc(OC)c(OC)c2)cc1.Cl. The van der Waals surface area contributed by atoms with Crippen molar-refractivity contribution in [3.05, 3.63) is 53.6 Å². The molecule has 2 aromatic carbocycles. The van der Waals surface area contributed by atoms with E-state index in [1.165, 1.54) is 0 Å². The third-order valence-electron chi connectivity index (χ3n) is 5.91. The number of nitrogens with zero attached hydrogens (tertiary/aromatic N) is 1. The van der Waals surface area contributed by atoms with Crippen molar-refractivity contribution in [2.45, 2.75) is 6.04 Å². The van der Waals surface area contributed by atoms with E-state index in [1.807, 2.05) is 17.0 Å². The summed E-state index contributed by atoms with van der Waals surface area (Å²) < 4.78 is 16.0. The molecular weight excluding hydrogens is 392 g/mol. The van der Waals surface area contributed by atoms with Crippen LogP contribution < -0.4 is 19.5 Å². The van der Waals surface area contributed by atoms with Gasteiger partial charge in [0.2, 0.25) is 0 Å². The average molecular weight is 419 g/mol. The highest BCUT2D eigenvalue weighted by atomic mass is 35.5. The molecule has 2 aromatic rings. The van der Waals surface area contributed by atoms with Gasteiger partial charge in [-0.25, -0.2) is 0 Å². The van der Waals surface area contributed by atoms with Crippen molar-refractivity contribution in [3.63, 3.8) is 0 Å². The van der Waals surface area contributed by atoms with Gasteiger partial charge in [-0.1, -0.05) is 12.1 Å². The van der Waals surface area contributed by atoms with Gasteiger partial charge in [-0.15, -0.1) is 12.4 Å². The predicted molar refractivity (Wildman–Crippen MR) is 113 cm³/mol. The third kappa shape index (κ3) is 3.87. The predicted octanol–water partition coefficient (Wildman–Crippen LogP) is 3.17. The van der Waals surface area contributed by atoms with Crippen LogP contribution in [0, 0.1) is 11.8 Å². The summed E-state index contributed by atoms with van der Waals surface area (Å²) in [5, 5.41) is 3.48. The zero-order chi connectivity index (χ0) is 19.7. The lowest BCUT2D eigenvalue weighted by atomic mass is 9.89. The van der Waals surface area contributed by atoms with Gasteiger partial charge in [0.05, 0.1) is 27.4 Å². The van der Waals surface area contributed by atoms with E-state index >= 15 is 0 Å². The van der Waals surface area contributed by atoms with E-state index in [1.54, 1.807) is 39.5 Å². The number of nitrogens with one attached hydrogen (secondary N) is 1. The van der Waals surface area contributed by atoms with Crippen molar-refractivity contribution in [3.8, 4) is 17.2 Å². The number of carbonyl (C=O) groups is 1. The number of hydrogen-bond acceptors (Lipinski definition) is 5. The number of benzene rings is 2. The fourth-order valence-corrected chi connectivity index (χ4v) is 4.49. The maximum atomic E-state index is 13.4. The first-order chi connectivity index (χ1) is 13.7. The summed E-state index contributed by atoms with van der Waals surface area (Å²) in [4.78, 5) is 15.5. The number of carbonyl (C=O) groups excluding carboxylic acids is 1. The van der Waals surface area contributed by atoms with Gasteiger partial charge in [0.25, 0.3) is 5.91 Å². The molecule has 0 aliphatic carbocycles. The molecule has 7 heteroatoms. The van der Waals surface area contributed by atoms with Crippen LogP contribution >= 0.6 is 12.4 Å². The minimum absolute atomic E-state index is 0. The molecule has 0 radical (unpaired) electrons. The topological polar surface area (TPSA) is 60.0 Å². The smallest absolute Gasteiger partial charge is 0.254 e. The molecular formula is C22H27ClN2O4. The molecule has 2 heterocycles. The molecule has 1 amide bonds. The summed E-state index contributed by atoms with van der Waals surface area (Å²) in [5.41, 5.74) is 1.76. The molecule has 2 saturated heterocycles. The number of hydrogen-bond donors (Lipinski definition) is 1. The van der Waals surface area contributed by atoms with E-state index in [4.69, 9.17) is 14.2 Å². The Balaban J connectivity index is 0.00000240. The van der Waals surface area contributed by atoms with Crippen LogP contribution in [-0.4, -0.2) is 51.8 Å². The Morgan fingerprint density at radius 2 is 1.69 bits per heavy atom. The van der Waals surface area contributed by atoms with E-state index in [9.17, 15) is 4.79 Å². The van der Waals surface area contributed by atoms with Crippen molar-refractivity contribution in [1.82, 2.24) is 10.2 Å². The van der Waals surface area contributed by atoms with Crippen LogP contribution in [0.25, 0.3) is 0 Å². The summed E-state index contributed by atoms with van der Waals surface area (Å²) in [5.74, 6) is 2.91. The molecule has 2 aliphatic rings. The average Bonchev–Trinajstić information content (AvgIpc) is 3.34. The first-order valence-electron chi connectivity index (χ1n) is 9.54. The Kier molecular flexibility index (Phi) is 6.55. The molecule has 4 rings (SSSR count). The van der Waals surface area contributed by atoms with Crippen LogP contribution in [0.1, 0.15) is 22.0 Å². The van der Waals surface area contributed by atoms with Crippen molar-refractivity contribution >= 4 is 18.3 Å². The van der Waals surface area contributed by atoms with Gasteiger partial charge in [-0.05, 0) is 41.8 Å². The Bertz CT molecular complexity index is 858. The highest BCUT2D eigenvalue weighted by Crippen LogP contribution is 2.44. The second-order valence-corrected chi connectivity index (χ2v) is 7.33. The van der Waals surface area contributed by atoms with Crippen LogP contribution in [0.3, 0.4) is 0 Å². The van der Waals surface area contributed by atoms with Crippen LogP contribution in [0.5, 0.6) is 17.2 Å². The van der Waals surface area contributed by atoms with Gasteiger partial charge < -0.3 is 24.4 Å². The first kappa shape index (κ1) is 21.3. The van der Waals surface area contributed by atoms with Gasteiger partial charge in [-0.3, -0.25) is 4.79 Å². The summed E-state index contributed by atoms with van der Waals surface area (Å²) in [6.07, 6.45) is 0. The standard InChI is InChI=1S/C22H26N2O4.ClH/c1-26-17-7-4-14(5-8-17)21-18-12-23-11-16(18)13-24(21)22(25)15-6-9-19(27-2)20(10-15)28-3;/h4-10,16,18,21,23H,11-13H2,1-3H3;1H/t16-,18-,21+;/m0./s1. The molecule has 6 nitrogen and oxygen atoms in total. The molecule has 2 fully saturated rings. The zero-order valence-electron chi connectivity index (χ0n) is 16.9. The maximum Gasteiger partial charge on any atom is 0.254 e. The van der Waals surface area contributed by atoms with Gasteiger partial charge in [0.15, 0.2) is 11.5 Å². The van der Waals surface area contributed by atoms with Gasteiger partial charge >= 0.3 is 0 Å². The third-order valence-corrected chi connectivity index (χ3v) is 5.91. The minimum atomic E-state index is 0. The van der Waals surface area contributed by atoms with Crippen LogP contribution in [0.4, 0.5) is 0 Å². The molecule has 3 atom stereocenters. The van der Waals surface area contributed by atoms with Gasteiger partial charge in [-0.2, -0.15) is 0 Å². The Labute approximate surface area is 177 Å². The highest BCUT2D eigenvalue weighted by molar-refractivity contribution is 5.95. The van der Waals surface area contributed by atoms with Crippen LogP contribution in [0.15, 0.2) is 42.5 Å². The molecule has 29 heavy (non-hydrogen) atoms. The van der Waals surface area contributed by atoms with E-state index in [2.05, 4.69) is 17.4 Å². The summed E-state index contributed by atoms with van der Waals surface area (Å²) in [7, 11) is 4.83. The largest absolute Gasteiger partial charge is 0.497 e. The van der Waals surface area contributed by atoms with Crippen molar-refractivity contribution in [2.24, 2.45) is 11.8 Å². The second-order valence-electron chi connectivity index (χ2n) is 7.33. The minimum Gasteiger partial charge on any atom is -0.497 e. The first-order valence-corrected chi connectivity index (χ1v) is 9.54. The lowest BCUT2D eigenvalue weighted by molar-refractivity contribution is 0.0713. The molecule has 0 spiro atoms. The summed E-state index contributed by atoms with van der Waals surface area (Å²) >= 11 is 0. The molecule has 2 aliphatic heterocycles. The second kappa shape index (κ2) is 8.93. The number of ether oxygens (including phenoxy) is 3. The number of amides is 1. The van der Waals surface area contributed by atoms with Gasteiger partial charge in [0.1, 0.15) is 5.75 Å². The lowest BCUT2D eigenvalue weighted by Crippen LogP contribution is -2.34. The fourth-order valence-electron chi connectivity index (χ4n) is 4.49. The number of likely N-dealkylation sites (tertiary alicyclic amines) is 1. The quantitative estimate of drug-likeness (QED) is 0.808. The lowest BCUT2D eigenvalue weighted by Gasteiger charge is -2.29. The van der Waals surface area contributed by atoms with E-state index in [0.29, 0.717) is 28.9 Å². The molecule has 0 unspecified atom stereocenters. The van der Waals surface area contributed by atoms with Crippen LogP contribution in [-0.2, 0) is 0 Å². The monoisotopic (exact) mass is 418 g/mol. The van der Waals surface area contributed by atoms with Crippen molar-refractivity contribution in [2.75, 3.05) is 41.0 Å². The Morgan fingerprint density at radius 3 is 2.34 bits per heavy atom. The summed E-state index contributed by atoms with van der Waals surface area (Å²) in [6.45, 7) is 2.63. The van der Waals surface area contributed by atoms with Crippen molar-refractivity contribution < 1.29 is 19.0 Å². The molecule has 0 aromatic heterocycles. The van der Waals surface area contributed by atoms with E-state index in [-0.39, 0.29) is 24.4 Å². The molecule has 156 valence electrons. The highest BCUT2D eigenvalue weighted by Gasteiger charge is 2.46. The normalized spacial score (nSPS) is 22.6. The van der Waals surface area contributed by atoms with Crippen LogP contribution in [0.2, 0.25) is 0 Å². The number of fused-ring (bicyclic) bond motifs is 1. The number of methoxy groups -OCH3 is 3. The Hall–Kier alpha value is -2.44. The molecule has 0 saturated carbocycles. The zero-order valence-corrected chi connectivity index (χ0v) is 17.7. The number of halogens is 1.